The van der Waals surface area contributed by atoms with Gasteiger partial charge in [0.15, 0.2) is 0 Å². The minimum absolute atomic E-state index is 0.168. The number of nitrogens with one attached hydrogen (secondary N) is 1. The molecule has 3 aromatic rings. The van der Waals surface area contributed by atoms with E-state index in [0.717, 1.165) is 40.5 Å². The van der Waals surface area contributed by atoms with Crippen LogP contribution in [0.5, 0.6) is 0 Å². The topological polar surface area (TPSA) is 72.5 Å². The maximum Gasteiger partial charge on any atom is 0.341 e. The van der Waals surface area contributed by atoms with E-state index >= 15 is 0 Å². The molecule has 1 aliphatic carbocycles. The summed E-state index contributed by atoms with van der Waals surface area (Å²) in [6.07, 6.45) is 2.58. The first-order chi connectivity index (χ1) is 13.4. The van der Waals surface area contributed by atoms with Crippen LogP contribution in [0.15, 0.2) is 47.4 Å². The summed E-state index contributed by atoms with van der Waals surface area (Å²) in [4.78, 5) is 13.6. The molecule has 2 aromatic carbocycles. The predicted molar refractivity (Wildman–Crippen MR) is 112 cm³/mol. The molecule has 0 saturated heterocycles. The summed E-state index contributed by atoms with van der Waals surface area (Å²) in [5.74, 6) is 0.0184. The van der Waals surface area contributed by atoms with Crippen LogP contribution < -0.4 is 4.72 Å². The Bertz CT molecular complexity index is 1160. The quantitative estimate of drug-likeness (QED) is 0.632. The standard InChI is InChI=1S/C21H21NO4S2/c1-13-7-10-17-18(11-13)27-20(19(17)21(23)26-2)22-28(24,25)16-9-8-14-5-3-4-6-15(14)12-16/h3-6,8-9,12-13,22H,7,10-11H2,1-2H3. The molecule has 0 saturated carbocycles. The maximum atomic E-state index is 13.0. The maximum absolute atomic E-state index is 13.0. The van der Waals surface area contributed by atoms with Crippen LogP contribution in [0, 0.1) is 5.92 Å². The third kappa shape index (κ3) is 3.40. The molecule has 5 nitrogen and oxygen atoms in total. The largest absolute Gasteiger partial charge is 0.465 e. The zero-order valence-corrected chi connectivity index (χ0v) is 17.3. The van der Waals surface area contributed by atoms with Gasteiger partial charge in [0, 0.05) is 4.88 Å². The van der Waals surface area contributed by atoms with Crippen LogP contribution in [0.3, 0.4) is 0 Å². The molecule has 1 atom stereocenters. The number of methoxy groups -OCH3 is 1. The molecule has 0 spiro atoms. The fourth-order valence-electron chi connectivity index (χ4n) is 3.66. The molecule has 0 fully saturated rings. The van der Waals surface area contributed by atoms with Crippen molar-refractivity contribution in [1.29, 1.82) is 0 Å². The lowest BCUT2D eigenvalue weighted by Gasteiger charge is -2.18. The lowest BCUT2D eigenvalue weighted by molar-refractivity contribution is 0.0601. The molecule has 1 N–H and O–H groups in total. The highest BCUT2D eigenvalue weighted by Gasteiger charge is 2.30. The zero-order valence-electron chi connectivity index (χ0n) is 15.7. The van der Waals surface area contributed by atoms with Crippen LogP contribution in [-0.4, -0.2) is 21.5 Å². The highest BCUT2D eigenvalue weighted by atomic mass is 32.2. The lowest BCUT2D eigenvalue weighted by atomic mass is 9.88. The first-order valence-corrected chi connectivity index (χ1v) is 11.4. The van der Waals surface area contributed by atoms with Gasteiger partial charge >= 0.3 is 5.97 Å². The summed E-state index contributed by atoms with van der Waals surface area (Å²) in [6, 6.07) is 12.6. The van der Waals surface area contributed by atoms with Crippen molar-refractivity contribution in [2.45, 2.75) is 31.1 Å². The zero-order chi connectivity index (χ0) is 19.9. The average molecular weight is 416 g/mol. The molecule has 1 aliphatic rings. The summed E-state index contributed by atoms with van der Waals surface area (Å²) >= 11 is 1.34. The molecule has 0 bridgehead atoms. The van der Waals surface area contributed by atoms with Gasteiger partial charge in [-0.1, -0.05) is 37.3 Å². The van der Waals surface area contributed by atoms with Crippen molar-refractivity contribution in [2.75, 3.05) is 11.8 Å². The third-order valence-corrected chi connectivity index (χ3v) is 7.81. The van der Waals surface area contributed by atoms with Crippen LogP contribution in [0.25, 0.3) is 10.8 Å². The van der Waals surface area contributed by atoms with Gasteiger partial charge in [-0.25, -0.2) is 13.2 Å². The van der Waals surface area contributed by atoms with Gasteiger partial charge in [0.2, 0.25) is 0 Å². The van der Waals surface area contributed by atoms with E-state index in [9.17, 15) is 13.2 Å². The number of rotatable bonds is 4. The van der Waals surface area contributed by atoms with Gasteiger partial charge in [0.25, 0.3) is 10.0 Å². The van der Waals surface area contributed by atoms with Gasteiger partial charge in [0.05, 0.1) is 17.6 Å². The number of hydrogen-bond acceptors (Lipinski definition) is 5. The van der Waals surface area contributed by atoms with Gasteiger partial charge in [-0.2, -0.15) is 0 Å². The monoisotopic (exact) mass is 415 g/mol. The number of esters is 1. The Morgan fingerprint density at radius 1 is 1.18 bits per heavy atom. The lowest BCUT2D eigenvalue weighted by Crippen LogP contribution is -2.16. The van der Waals surface area contributed by atoms with Gasteiger partial charge in [-0.3, -0.25) is 4.72 Å². The molecular formula is C21H21NO4S2. The van der Waals surface area contributed by atoms with Crippen LogP contribution in [-0.2, 0) is 27.6 Å². The van der Waals surface area contributed by atoms with Gasteiger partial charge in [0.1, 0.15) is 5.00 Å². The van der Waals surface area contributed by atoms with Crippen LogP contribution in [0.4, 0.5) is 5.00 Å². The van der Waals surface area contributed by atoms with E-state index < -0.39 is 16.0 Å². The molecule has 28 heavy (non-hydrogen) atoms. The molecular weight excluding hydrogens is 394 g/mol. The number of fused-ring (bicyclic) bond motifs is 2. The second kappa shape index (κ2) is 7.22. The van der Waals surface area contributed by atoms with Crippen LogP contribution in [0.1, 0.15) is 34.1 Å². The van der Waals surface area contributed by atoms with E-state index in [0.29, 0.717) is 16.5 Å². The van der Waals surface area contributed by atoms with Crippen molar-refractivity contribution in [1.82, 2.24) is 0 Å². The van der Waals surface area contributed by atoms with E-state index in [-0.39, 0.29) is 4.90 Å². The Labute approximate surface area is 168 Å². The van der Waals surface area contributed by atoms with Crippen molar-refractivity contribution in [3.05, 3.63) is 58.5 Å². The fourth-order valence-corrected chi connectivity index (χ4v) is 6.40. The van der Waals surface area contributed by atoms with Crippen molar-refractivity contribution in [2.24, 2.45) is 5.92 Å². The Morgan fingerprint density at radius 2 is 1.93 bits per heavy atom. The smallest absolute Gasteiger partial charge is 0.341 e. The Balaban J connectivity index is 1.75. The highest BCUT2D eigenvalue weighted by Crippen LogP contribution is 2.41. The SMILES string of the molecule is COC(=O)c1c(NS(=O)(=O)c2ccc3ccccc3c2)sc2c1CCC(C)C2. The molecule has 4 rings (SSSR count). The molecule has 1 unspecified atom stereocenters. The summed E-state index contributed by atoms with van der Waals surface area (Å²) in [6.45, 7) is 2.17. The molecule has 146 valence electrons. The Hall–Kier alpha value is -2.38. The number of thiophene rings is 1. The van der Waals surface area contributed by atoms with Crippen molar-refractivity contribution < 1.29 is 17.9 Å². The van der Waals surface area contributed by atoms with E-state index in [1.807, 2.05) is 24.3 Å². The van der Waals surface area contributed by atoms with Gasteiger partial charge < -0.3 is 4.74 Å². The number of anilines is 1. The summed E-state index contributed by atoms with van der Waals surface area (Å²) in [5.41, 5.74) is 1.28. The predicted octanol–water partition coefficient (Wildman–Crippen LogP) is 4.61. The van der Waals surface area contributed by atoms with E-state index in [1.165, 1.54) is 18.4 Å². The second-order valence-electron chi connectivity index (χ2n) is 7.16. The normalized spacial score (nSPS) is 16.6. The number of sulfonamides is 1. The van der Waals surface area contributed by atoms with E-state index in [2.05, 4.69) is 11.6 Å². The fraction of sp³-hybridized carbons (Fsp3) is 0.286. The van der Waals surface area contributed by atoms with E-state index in [1.54, 1.807) is 18.2 Å². The Morgan fingerprint density at radius 3 is 2.68 bits per heavy atom. The molecule has 0 radical (unpaired) electrons. The molecule has 7 heteroatoms. The number of carbonyl (C=O) groups excluding carboxylic acids is 1. The highest BCUT2D eigenvalue weighted by molar-refractivity contribution is 7.93. The minimum atomic E-state index is -3.83. The summed E-state index contributed by atoms with van der Waals surface area (Å²) in [7, 11) is -2.51. The second-order valence-corrected chi connectivity index (χ2v) is 9.95. The van der Waals surface area contributed by atoms with Gasteiger partial charge in [-0.05, 0) is 53.6 Å². The van der Waals surface area contributed by atoms with Gasteiger partial charge in [-0.15, -0.1) is 11.3 Å². The summed E-state index contributed by atoms with van der Waals surface area (Å²) < 4.78 is 33.6. The first-order valence-electron chi connectivity index (χ1n) is 9.13. The number of carbonyl (C=O) groups is 1. The van der Waals surface area contributed by atoms with Crippen molar-refractivity contribution >= 4 is 43.1 Å². The number of hydrogen-bond donors (Lipinski definition) is 1. The molecule has 0 aliphatic heterocycles. The van der Waals surface area contributed by atoms with Crippen molar-refractivity contribution in [3.8, 4) is 0 Å². The number of ether oxygens (including phenoxy) is 1. The summed E-state index contributed by atoms with van der Waals surface area (Å²) in [5, 5.41) is 2.16. The van der Waals surface area contributed by atoms with Crippen LogP contribution in [0.2, 0.25) is 0 Å². The first kappa shape index (κ1) is 19.0. The van der Waals surface area contributed by atoms with Crippen molar-refractivity contribution in [3.63, 3.8) is 0 Å². The number of benzene rings is 2. The van der Waals surface area contributed by atoms with E-state index in [4.69, 9.17) is 4.74 Å². The molecule has 0 amide bonds. The Kier molecular flexibility index (Phi) is 4.89. The van der Waals surface area contributed by atoms with Crippen LogP contribution >= 0.6 is 11.3 Å². The minimum Gasteiger partial charge on any atom is -0.465 e. The third-order valence-electron chi connectivity index (χ3n) is 5.16. The average Bonchev–Trinajstić information content (AvgIpc) is 3.03. The molecule has 1 heterocycles. The molecule has 1 aromatic heterocycles.